The Morgan fingerprint density at radius 1 is 1.14 bits per heavy atom. The van der Waals surface area contributed by atoms with Crippen LogP contribution in [0.2, 0.25) is 0 Å². The summed E-state index contributed by atoms with van der Waals surface area (Å²) in [5.41, 5.74) is 7.27. The van der Waals surface area contributed by atoms with Crippen LogP contribution in [0.5, 0.6) is 11.5 Å². The van der Waals surface area contributed by atoms with Gasteiger partial charge in [0.1, 0.15) is 44.0 Å². The number of carbonyl (C=O) groups excluding carboxylic acids is 1. The summed E-state index contributed by atoms with van der Waals surface area (Å²) in [5, 5.41) is 27.7. The van der Waals surface area contributed by atoms with Crippen LogP contribution in [0.1, 0.15) is 5.56 Å². The summed E-state index contributed by atoms with van der Waals surface area (Å²) in [6.45, 7) is -1.58. The number of ether oxygens (including phenoxy) is 3. The van der Waals surface area contributed by atoms with Crippen molar-refractivity contribution in [2.24, 2.45) is 5.14 Å². The summed E-state index contributed by atoms with van der Waals surface area (Å²) in [6, 6.07) is 10.2. The number of thiazole rings is 1. The SMILES string of the molecule is NS(=O)(=O)c1nc2ccc(OCC3=CN(CC(=O)N[C@@H](COCc4cccc(OCC(O)CF)c4)C(=O)O)NN3)cc2s1. The number of hydrazine groups is 2. The fourth-order valence-electron chi connectivity index (χ4n) is 3.64. The average Bonchev–Trinajstić information content (AvgIpc) is 3.61. The van der Waals surface area contributed by atoms with Gasteiger partial charge in [0.05, 0.1) is 29.1 Å². The Hall–Kier alpha value is -4.07. The molecule has 1 aliphatic heterocycles. The van der Waals surface area contributed by atoms with Crippen molar-refractivity contribution >= 4 is 43.5 Å². The number of benzene rings is 2. The fraction of sp³-hybridized carbons (Fsp3) is 0.320. The molecule has 0 spiro atoms. The maximum Gasteiger partial charge on any atom is 0.328 e. The van der Waals surface area contributed by atoms with Gasteiger partial charge in [0.25, 0.3) is 10.0 Å². The quantitative estimate of drug-likeness (QED) is 0.122. The van der Waals surface area contributed by atoms with Gasteiger partial charge in [-0.2, -0.15) is 0 Å². The van der Waals surface area contributed by atoms with Crippen LogP contribution < -0.4 is 30.9 Å². The van der Waals surface area contributed by atoms with Gasteiger partial charge in [-0.05, 0) is 35.9 Å². The van der Waals surface area contributed by atoms with E-state index in [9.17, 15) is 32.6 Å². The molecule has 0 fully saturated rings. The second-order valence-corrected chi connectivity index (χ2v) is 12.0. The first-order valence-corrected chi connectivity index (χ1v) is 15.0. The highest BCUT2D eigenvalue weighted by Gasteiger charge is 2.23. The highest BCUT2D eigenvalue weighted by molar-refractivity contribution is 7.91. The third-order valence-corrected chi connectivity index (χ3v) is 8.01. The third kappa shape index (κ3) is 9.46. The third-order valence-electron chi connectivity index (χ3n) is 5.67. The van der Waals surface area contributed by atoms with E-state index in [1.165, 1.54) is 5.01 Å². The Kier molecular flexibility index (Phi) is 10.7. The number of aliphatic hydroxyl groups is 1. The van der Waals surface area contributed by atoms with Crippen LogP contribution in [-0.4, -0.2) is 85.7 Å². The molecule has 2 atom stereocenters. The number of aromatic nitrogens is 1. The molecule has 1 aromatic heterocycles. The molecule has 0 saturated carbocycles. The number of carboxylic acids is 1. The zero-order valence-corrected chi connectivity index (χ0v) is 24.1. The first kappa shape index (κ1) is 31.9. The van der Waals surface area contributed by atoms with E-state index < -0.39 is 40.7 Å². The van der Waals surface area contributed by atoms with E-state index in [4.69, 9.17) is 19.3 Å². The number of sulfonamides is 1. The summed E-state index contributed by atoms with van der Waals surface area (Å²) in [4.78, 5) is 28.2. The largest absolute Gasteiger partial charge is 0.491 e. The van der Waals surface area contributed by atoms with Crippen LogP contribution in [0.25, 0.3) is 10.2 Å². The zero-order valence-electron chi connectivity index (χ0n) is 22.4. The van der Waals surface area contributed by atoms with Crippen LogP contribution in [0.15, 0.2) is 58.7 Å². The van der Waals surface area contributed by atoms with E-state index in [1.54, 1.807) is 48.7 Å². The van der Waals surface area contributed by atoms with Crippen molar-refractivity contribution in [3.8, 4) is 11.5 Å². The number of primary sulfonamides is 1. The number of aliphatic carboxylic acids is 1. The van der Waals surface area contributed by atoms with Gasteiger partial charge in [-0.25, -0.2) is 27.7 Å². The van der Waals surface area contributed by atoms with Crippen LogP contribution in [-0.2, 0) is 31.0 Å². The number of carbonyl (C=O) groups is 2. The highest BCUT2D eigenvalue weighted by Crippen LogP contribution is 2.28. The lowest BCUT2D eigenvalue weighted by atomic mass is 10.2. The van der Waals surface area contributed by atoms with E-state index >= 15 is 0 Å². The number of nitrogens with zero attached hydrogens (tertiary/aromatic N) is 2. The topological polar surface area (TPSA) is 215 Å². The summed E-state index contributed by atoms with van der Waals surface area (Å²) in [5.74, 6) is -1.03. The number of alkyl halides is 1. The van der Waals surface area contributed by atoms with Gasteiger partial charge >= 0.3 is 5.97 Å². The normalized spacial score (nSPS) is 14.6. The predicted molar refractivity (Wildman–Crippen MR) is 151 cm³/mol. The molecule has 18 heteroatoms. The second kappa shape index (κ2) is 14.4. The number of aliphatic hydroxyl groups excluding tert-OH is 1. The number of hydrogen-bond donors (Lipinski definition) is 6. The summed E-state index contributed by atoms with van der Waals surface area (Å²) >= 11 is 0.925. The van der Waals surface area contributed by atoms with Gasteiger partial charge in [-0.15, -0.1) is 16.9 Å². The summed E-state index contributed by atoms with van der Waals surface area (Å²) in [7, 11) is -3.91. The molecule has 1 aliphatic rings. The number of carboxylic acid groups (broad SMARTS) is 1. The molecule has 43 heavy (non-hydrogen) atoms. The number of rotatable bonds is 16. The number of halogens is 1. The maximum absolute atomic E-state index is 12.5. The zero-order chi connectivity index (χ0) is 31.0. The minimum absolute atomic E-state index is 0.0232. The van der Waals surface area contributed by atoms with Gasteiger partial charge in [-0.3, -0.25) is 9.80 Å². The molecule has 4 rings (SSSR count). The van der Waals surface area contributed by atoms with Crippen molar-refractivity contribution in [1.29, 1.82) is 0 Å². The predicted octanol–water partition coefficient (Wildman–Crippen LogP) is -0.0159. The first-order chi connectivity index (χ1) is 20.5. The highest BCUT2D eigenvalue weighted by atomic mass is 32.2. The number of hydrogen-bond acceptors (Lipinski definition) is 13. The molecular weight excluding hydrogens is 611 g/mol. The lowest BCUT2D eigenvalue weighted by molar-refractivity contribution is -0.144. The van der Waals surface area contributed by atoms with Crippen LogP contribution >= 0.6 is 11.3 Å². The summed E-state index contributed by atoms with van der Waals surface area (Å²) in [6.07, 6.45) is 0.335. The van der Waals surface area contributed by atoms with Crippen LogP contribution in [0.4, 0.5) is 4.39 Å². The van der Waals surface area contributed by atoms with E-state index in [1.807, 2.05) is 0 Å². The molecule has 232 valence electrons. The molecule has 2 aromatic carbocycles. The van der Waals surface area contributed by atoms with Gasteiger partial charge in [-0.1, -0.05) is 12.1 Å². The lowest BCUT2D eigenvalue weighted by Crippen LogP contribution is -2.49. The lowest BCUT2D eigenvalue weighted by Gasteiger charge is -2.18. The van der Waals surface area contributed by atoms with Crippen molar-refractivity contribution in [2.45, 2.75) is 23.1 Å². The minimum Gasteiger partial charge on any atom is -0.491 e. The van der Waals surface area contributed by atoms with Gasteiger partial charge in [0.15, 0.2) is 6.04 Å². The standard InChI is InChI=1S/C25H29FN6O9S2/c26-8-17(33)13-41-18-3-1-2-15(6-18)11-39-14-21(24(35)36)28-23(34)10-32-9-16(30-31-32)12-40-19-4-5-20-22(7-19)42-25(29-20)43(27,37)38/h1-7,9,17,21,30-31,33H,8,10-14H2,(H,28,34)(H,35,36)(H2,27,37,38)/t17?,21-/m0/s1. The Bertz CT molecular complexity index is 1590. The average molecular weight is 641 g/mol. The second-order valence-electron chi connectivity index (χ2n) is 9.20. The molecule has 2 heterocycles. The van der Waals surface area contributed by atoms with E-state index in [0.717, 1.165) is 11.3 Å². The van der Waals surface area contributed by atoms with E-state index in [-0.39, 0.29) is 37.3 Å². The smallest absolute Gasteiger partial charge is 0.328 e. The number of fused-ring (bicyclic) bond motifs is 1. The van der Waals surface area contributed by atoms with Crippen molar-refractivity contribution in [3.05, 3.63) is 59.9 Å². The summed E-state index contributed by atoms with van der Waals surface area (Å²) < 4.78 is 52.3. The molecule has 3 aromatic rings. The van der Waals surface area contributed by atoms with Gasteiger partial charge in [0, 0.05) is 6.20 Å². The van der Waals surface area contributed by atoms with Gasteiger partial charge < -0.3 is 35.2 Å². The van der Waals surface area contributed by atoms with Crippen molar-refractivity contribution in [3.63, 3.8) is 0 Å². The van der Waals surface area contributed by atoms with Gasteiger partial charge in [0.2, 0.25) is 10.2 Å². The molecule has 7 N–H and O–H groups in total. The Balaban J connectivity index is 1.22. The number of amides is 1. The molecular formula is C25H29FN6O9S2. The molecule has 0 radical (unpaired) electrons. The minimum atomic E-state index is -3.91. The fourth-order valence-corrected chi connectivity index (χ4v) is 5.32. The molecule has 1 unspecified atom stereocenters. The molecule has 0 saturated heterocycles. The Labute approximate surface area is 249 Å². The Morgan fingerprint density at radius 3 is 2.67 bits per heavy atom. The number of nitrogens with one attached hydrogen (secondary N) is 3. The van der Waals surface area contributed by atoms with Crippen LogP contribution in [0, 0.1) is 0 Å². The number of nitrogens with two attached hydrogens (primary N) is 1. The molecule has 0 bridgehead atoms. The van der Waals surface area contributed by atoms with E-state index in [0.29, 0.717) is 33.0 Å². The molecule has 0 aliphatic carbocycles. The molecule has 15 nitrogen and oxygen atoms in total. The molecule has 1 amide bonds. The van der Waals surface area contributed by atoms with Crippen molar-refractivity contribution < 1.29 is 46.8 Å². The monoisotopic (exact) mass is 640 g/mol. The first-order valence-electron chi connectivity index (χ1n) is 12.6. The van der Waals surface area contributed by atoms with Crippen LogP contribution in [0.3, 0.4) is 0 Å². The van der Waals surface area contributed by atoms with Crippen molar-refractivity contribution in [1.82, 2.24) is 26.3 Å². The maximum atomic E-state index is 12.5. The van der Waals surface area contributed by atoms with E-state index in [2.05, 4.69) is 21.3 Å². The Morgan fingerprint density at radius 2 is 1.93 bits per heavy atom. The van der Waals surface area contributed by atoms with Crippen molar-refractivity contribution in [2.75, 3.05) is 33.0 Å².